The van der Waals surface area contributed by atoms with Crippen LogP contribution in [0.2, 0.25) is 0 Å². The van der Waals surface area contributed by atoms with Crippen LogP contribution >= 0.6 is 0 Å². The Hall–Kier alpha value is -1.71. The number of methoxy groups -OCH3 is 1. The van der Waals surface area contributed by atoms with E-state index in [1.807, 2.05) is 32.2 Å². The zero-order valence-corrected chi connectivity index (χ0v) is 10.5. The van der Waals surface area contributed by atoms with Gasteiger partial charge in [-0.05, 0) is 37.1 Å². The van der Waals surface area contributed by atoms with Gasteiger partial charge in [0.25, 0.3) is 0 Å². The van der Waals surface area contributed by atoms with Crippen LogP contribution < -0.4 is 10.1 Å². The molecule has 4 heteroatoms. The fourth-order valence-corrected chi connectivity index (χ4v) is 2.07. The van der Waals surface area contributed by atoms with E-state index >= 15 is 0 Å². The summed E-state index contributed by atoms with van der Waals surface area (Å²) in [6, 6.07) is 5.73. The average molecular weight is 234 g/mol. The largest absolute Gasteiger partial charge is 0.497 e. The number of likely N-dealkylation sites (N-methyl/N-ethyl adjacent to an activating group) is 1. The molecule has 0 spiro atoms. The van der Waals surface area contributed by atoms with Gasteiger partial charge in [-0.25, -0.2) is 0 Å². The Labute approximate surface area is 102 Å². The van der Waals surface area contributed by atoms with E-state index in [0.717, 1.165) is 30.0 Å². The molecule has 1 saturated heterocycles. The number of anilines is 1. The molecule has 1 atom stereocenters. The topological polar surface area (TPSA) is 41.6 Å². The van der Waals surface area contributed by atoms with Crippen molar-refractivity contribution in [3.05, 3.63) is 23.8 Å². The SMILES string of the molecule is COc1ccc(NC2CCN(C)C2=O)c(C)c1. The van der Waals surface area contributed by atoms with Crippen LogP contribution in [0, 0.1) is 6.92 Å². The monoisotopic (exact) mass is 234 g/mol. The van der Waals surface area contributed by atoms with Gasteiger partial charge in [-0.3, -0.25) is 4.79 Å². The summed E-state index contributed by atoms with van der Waals surface area (Å²) in [5.41, 5.74) is 2.09. The third kappa shape index (κ3) is 2.35. The van der Waals surface area contributed by atoms with Crippen molar-refractivity contribution >= 4 is 11.6 Å². The molecular formula is C13H18N2O2. The molecule has 0 radical (unpaired) electrons. The van der Waals surface area contributed by atoms with Gasteiger partial charge >= 0.3 is 0 Å². The number of nitrogens with zero attached hydrogens (tertiary/aromatic N) is 1. The van der Waals surface area contributed by atoms with E-state index in [9.17, 15) is 4.79 Å². The first-order chi connectivity index (χ1) is 8.11. The molecule has 1 fully saturated rings. The molecule has 4 nitrogen and oxygen atoms in total. The molecular weight excluding hydrogens is 216 g/mol. The number of carbonyl (C=O) groups is 1. The number of likely N-dealkylation sites (tertiary alicyclic amines) is 1. The van der Waals surface area contributed by atoms with Crippen molar-refractivity contribution in [2.24, 2.45) is 0 Å². The van der Waals surface area contributed by atoms with Crippen molar-refractivity contribution < 1.29 is 9.53 Å². The van der Waals surface area contributed by atoms with Gasteiger partial charge in [0.2, 0.25) is 5.91 Å². The Bertz CT molecular complexity index is 431. The average Bonchev–Trinajstić information content (AvgIpc) is 2.63. The van der Waals surface area contributed by atoms with Crippen molar-refractivity contribution in [1.29, 1.82) is 0 Å². The van der Waals surface area contributed by atoms with Gasteiger partial charge in [-0.2, -0.15) is 0 Å². The molecule has 1 heterocycles. The Morgan fingerprint density at radius 1 is 1.47 bits per heavy atom. The van der Waals surface area contributed by atoms with E-state index in [2.05, 4.69) is 5.32 Å². The van der Waals surface area contributed by atoms with Crippen LogP contribution in [0.15, 0.2) is 18.2 Å². The molecule has 0 bridgehead atoms. The number of rotatable bonds is 3. The molecule has 0 aromatic heterocycles. The zero-order valence-electron chi connectivity index (χ0n) is 10.5. The van der Waals surface area contributed by atoms with Crippen LogP contribution in [0.25, 0.3) is 0 Å². The van der Waals surface area contributed by atoms with E-state index in [4.69, 9.17) is 4.74 Å². The summed E-state index contributed by atoms with van der Waals surface area (Å²) in [6.07, 6.45) is 0.862. The van der Waals surface area contributed by atoms with Crippen LogP contribution in [0.5, 0.6) is 5.75 Å². The molecule has 1 aliphatic rings. The Morgan fingerprint density at radius 2 is 2.24 bits per heavy atom. The molecule has 1 aromatic carbocycles. The lowest BCUT2D eigenvalue weighted by atomic mass is 10.1. The lowest BCUT2D eigenvalue weighted by Gasteiger charge is -2.15. The van der Waals surface area contributed by atoms with Gasteiger partial charge in [0, 0.05) is 19.3 Å². The number of nitrogens with one attached hydrogen (secondary N) is 1. The van der Waals surface area contributed by atoms with Crippen LogP contribution in [-0.2, 0) is 4.79 Å². The van der Waals surface area contributed by atoms with Gasteiger partial charge in [0.05, 0.1) is 7.11 Å². The van der Waals surface area contributed by atoms with Gasteiger partial charge in [0.1, 0.15) is 11.8 Å². The first-order valence-corrected chi connectivity index (χ1v) is 5.78. The number of hydrogen-bond donors (Lipinski definition) is 1. The first-order valence-electron chi connectivity index (χ1n) is 5.78. The second-order valence-electron chi connectivity index (χ2n) is 4.43. The summed E-state index contributed by atoms with van der Waals surface area (Å²) >= 11 is 0. The van der Waals surface area contributed by atoms with Crippen LogP contribution in [0.1, 0.15) is 12.0 Å². The minimum absolute atomic E-state index is 0.0907. The number of aryl methyl sites for hydroxylation is 1. The number of ether oxygens (including phenoxy) is 1. The van der Waals surface area contributed by atoms with E-state index in [1.54, 1.807) is 12.0 Å². The zero-order chi connectivity index (χ0) is 12.4. The predicted octanol–water partition coefficient (Wildman–Crippen LogP) is 1.65. The van der Waals surface area contributed by atoms with Crippen molar-refractivity contribution in [3.8, 4) is 5.75 Å². The highest BCUT2D eigenvalue weighted by molar-refractivity contribution is 5.86. The summed E-state index contributed by atoms with van der Waals surface area (Å²) in [5.74, 6) is 1.00. The predicted molar refractivity (Wildman–Crippen MR) is 67.4 cm³/mol. The summed E-state index contributed by atoms with van der Waals surface area (Å²) in [4.78, 5) is 13.5. The van der Waals surface area contributed by atoms with Gasteiger partial charge in [-0.15, -0.1) is 0 Å². The third-order valence-corrected chi connectivity index (χ3v) is 3.19. The van der Waals surface area contributed by atoms with Crippen molar-refractivity contribution in [2.75, 3.05) is 26.0 Å². The van der Waals surface area contributed by atoms with Crippen LogP contribution in [0.4, 0.5) is 5.69 Å². The third-order valence-electron chi connectivity index (χ3n) is 3.19. The van der Waals surface area contributed by atoms with Crippen molar-refractivity contribution in [3.63, 3.8) is 0 Å². The standard InChI is InChI=1S/C13H18N2O2/c1-9-8-10(17-3)4-5-11(9)14-12-6-7-15(2)13(12)16/h4-5,8,12,14H,6-7H2,1-3H3. The van der Waals surface area contributed by atoms with E-state index < -0.39 is 0 Å². The molecule has 0 aliphatic carbocycles. The summed E-state index contributed by atoms with van der Waals surface area (Å²) < 4.78 is 5.16. The normalized spacial score (nSPS) is 19.6. The maximum absolute atomic E-state index is 11.8. The maximum atomic E-state index is 11.8. The summed E-state index contributed by atoms with van der Waals surface area (Å²) in [6.45, 7) is 2.83. The fourth-order valence-electron chi connectivity index (χ4n) is 2.07. The van der Waals surface area contributed by atoms with Gasteiger partial charge < -0.3 is 15.0 Å². The second-order valence-corrected chi connectivity index (χ2v) is 4.43. The highest BCUT2D eigenvalue weighted by Gasteiger charge is 2.28. The molecule has 1 N–H and O–H groups in total. The lowest BCUT2D eigenvalue weighted by Crippen LogP contribution is -2.31. The molecule has 92 valence electrons. The fraction of sp³-hybridized carbons (Fsp3) is 0.462. The second kappa shape index (κ2) is 4.65. The summed E-state index contributed by atoms with van der Waals surface area (Å²) in [7, 11) is 3.49. The maximum Gasteiger partial charge on any atom is 0.244 e. The molecule has 1 amide bonds. The Balaban J connectivity index is 2.11. The van der Waals surface area contributed by atoms with Crippen LogP contribution in [0.3, 0.4) is 0 Å². The number of amides is 1. The van der Waals surface area contributed by atoms with E-state index in [0.29, 0.717) is 0 Å². The number of hydrogen-bond acceptors (Lipinski definition) is 3. The minimum atomic E-state index is -0.0907. The molecule has 1 aromatic rings. The molecule has 1 unspecified atom stereocenters. The molecule has 17 heavy (non-hydrogen) atoms. The Morgan fingerprint density at radius 3 is 2.76 bits per heavy atom. The van der Waals surface area contributed by atoms with Crippen LogP contribution in [-0.4, -0.2) is 37.6 Å². The number of benzene rings is 1. The van der Waals surface area contributed by atoms with E-state index in [1.165, 1.54) is 0 Å². The number of carbonyl (C=O) groups excluding carboxylic acids is 1. The first kappa shape index (κ1) is 11.8. The smallest absolute Gasteiger partial charge is 0.244 e. The highest BCUT2D eigenvalue weighted by Crippen LogP contribution is 2.23. The lowest BCUT2D eigenvalue weighted by molar-refractivity contribution is -0.127. The molecule has 2 rings (SSSR count). The quantitative estimate of drug-likeness (QED) is 0.864. The van der Waals surface area contributed by atoms with Crippen molar-refractivity contribution in [1.82, 2.24) is 4.90 Å². The summed E-state index contributed by atoms with van der Waals surface area (Å²) in [5, 5.41) is 3.29. The highest BCUT2D eigenvalue weighted by atomic mass is 16.5. The Kier molecular flexibility index (Phi) is 3.22. The molecule has 1 aliphatic heterocycles. The van der Waals surface area contributed by atoms with E-state index in [-0.39, 0.29) is 11.9 Å². The van der Waals surface area contributed by atoms with Crippen molar-refractivity contribution in [2.45, 2.75) is 19.4 Å². The molecule has 0 saturated carbocycles. The van der Waals surface area contributed by atoms with Gasteiger partial charge in [0.15, 0.2) is 0 Å². The minimum Gasteiger partial charge on any atom is -0.497 e. The van der Waals surface area contributed by atoms with Gasteiger partial charge in [-0.1, -0.05) is 0 Å².